The van der Waals surface area contributed by atoms with Crippen LogP contribution in [0.15, 0.2) is 40.2 Å². The summed E-state index contributed by atoms with van der Waals surface area (Å²) < 4.78 is 1.81. The summed E-state index contributed by atoms with van der Waals surface area (Å²) in [5, 5.41) is 2.86. The highest BCUT2D eigenvalue weighted by molar-refractivity contribution is 7.98. The van der Waals surface area contributed by atoms with E-state index in [2.05, 4.69) is 6.07 Å². The van der Waals surface area contributed by atoms with E-state index in [0.29, 0.717) is 0 Å². The summed E-state index contributed by atoms with van der Waals surface area (Å²) in [6.45, 7) is 2.72. The number of thioether (sulfide) groups is 1. The molecule has 0 aliphatic carbocycles. The van der Waals surface area contributed by atoms with Crippen LogP contribution in [0.5, 0.6) is 0 Å². The van der Waals surface area contributed by atoms with E-state index < -0.39 is 0 Å². The minimum absolute atomic E-state index is 0.111. The van der Waals surface area contributed by atoms with Gasteiger partial charge in [-0.3, -0.25) is 4.79 Å². The molecule has 1 aromatic heterocycles. The molecule has 0 fully saturated rings. The number of nitrogens with zero attached hydrogens (tertiary/aromatic N) is 1. The minimum Gasteiger partial charge on any atom is -0.303 e. The third-order valence-corrected chi connectivity index (χ3v) is 3.26. The van der Waals surface area contributed by atoms with Crippen molar-refractivity contribution in [2.24, 2.45) is 0 Å². The van der Waals surface area contributed by atoms with Crippen LogP contribution in [0, 0.1) is 0 Å². The van der Waals surface area contributed by atoms with Crippen LogP contribution in [0.25, 0.3) is 10.8 Å². The second-order valence-corrected chi connectivity index (χ2v) is 4.15. The molecule has 0 aliphatic heterocycles. The lowest BCUT2D eigenvalue weighted by Gasteiger charge is -2.10. The minimum atomic E-state index is 0.111. The van der Waals surface area contributed by atoms with Crippen LogP contribution in [-0.2, 0) is 6.54 Å². The zero-order chi connectivity index (χ0) is 10.8. The van der Waals surface area contributed by atoms with Gasteiger partial charge in [0.25, 0.3) is 5.56 Å². The smallest absolute Gasteiger partial charge is 0.259 e. The van der Waals surface area contributed by atoms with Crippen LogP contribution in [0.4, 0.5) is 0 Å². The van der Waals surface area contributed by atoms with Gasteiger partial charge in [-0.15, -0.1) is 11.8 Å². The van der Waals surface area contributed by atoms with Crippen molar-refractivity contribution in [2.75, 3.05) is 6.26 Å². The van der Waals surface area contributed by atoms with E-state index in [1.165, 1.54) is 0 Å². The van der Waals surface area contributed by atoms with Crippen molar-refractivity contribution in [3.05, 3.63) is 40.7 Å². The molecule has 2 nitrogen and oxygen atoms in total. The molecule has 78 valence electrons. The predicted octanol–water partition coefficient (Wildman–Crippen LogP) is 2.74. The van der Waals surface area contributed by atoms with Crippen LogP contribution in [0.1, 0.15) is 6.92 Å². The van der Waals surface area contributed by atoms with Gasteiger partial charge in [0, 0.05) is 11.9 Å². The second kappa shape index (κ2) is 4.11. The number of pyridine rings is 1. The molecule has 2 aromatic rings. The maximum absolute atomic E-state index is 12.1. The molecule has 1 heterocycles. The Morgan fingerprint density at radius 3 is 2.73 bits per heavy atom. The topological polar surface area (TPSA) is 22.0 Å². The molecule has 0 aliphatic rings. The molecule has 0 unspecified atom stereocenters. The zero-order valence-corrected chi connectivity index (χ0v) is 9.67. The Morgan fingerprint density at radius 1 is 1.33 bits per heavy atom. The highest BCUT2D eigenvalue weighted by Gasteiger charge is 2.05. The van der Waals surface area contributed by atoms with Crippen LogP contribution in [-0.4, -0.2) is 10.8 Å². The monoisotopic (exact) mass is 219 g/mol. The summed E-state index contributed by atoms with van der Waals surface area (Å²) in [6.07, 6.45) is 2.00. The summed E-state index contributed by atoms with van der Waals surface area (Å²) in [5.74, 6) is 0. The number of aromatic nitrogens is 1. The van der Waals surface area contributed by atoms with E-state index in [-0.39, 0.29) is 5.56 Å². The van der Waals surface area contributed by atoms with Gasteiger partial charge in [0.1, 0.15) is 0 Å². The number of benzene rings is 1. The fraction of sp³-hybridized carbons (Fsp3) is 0.250. The van der Waals surface area contributed by atoms with Crippen molar-refractivity contribution in [1.82, 2.24) is 4.57 Å². The maximum atomic E-state index is 12.1. The zero-order valence-electron chi connectivity index (χ0n) is 8.86. The molecular weight excluding hydrogens is 206 g/mol. The molecular formula is C12H13NOS. The number of fused-ring (bicyclic) bond motifs is 1. The maximum Gasteiger partial charge on any atom is 0.259 e. The largest absolute Gasteiger partial charge is 0.303 e. The Balaban J connectivity index is 2.88. The lowest BCUT2D eigenvalue weighted by Crippen LogP contribution is -2.20. The molecule has 1 aromatic carbocycles. The third kappa shape index (κ3) is 1.67. The van der Waals surface area contributed by atoms with E-state index in [1.807, 2.05) is 42.0 Å². The molecule has 0 spiro atoms. The molecule has 0 amide bonds. The fourth-order valence-corrected chi connectivity index (χ4v) is 2.42. The summed E-state index contributed by atoms with van der Waals surface area (Å²) in [7, 11) is 0. The Labute approximate surface area is 92.9 Å². The first-order valence-corrected chi connectivity index (χ1v) is 6.17. The molecule has 0 saturated carbocycles. The van der Waals surface area contributed by atoms with E-state index in [0.717, 1.165) is 22.3 Å². The molecule has 0 saturated heterocycles. The Morgan fingerprint density at radius 2 is 2.07 bits per heavy atom. The summed E-state index contributed by atoms with van der Waals surface area (Å²) in [5.41, 5.74) is 0.111. The van der Waals surface area contributed by atoms with Crippen molar-refractivity contribution in [3.63, 3.8) is 0 Å². The van der Waals surface area contributed by atoms with E-state index in [1.54, 1.807) is 11.8 Å². The van der Waals surface area contributed by atoms with Gasteiger partial charge >= 0.3 is 0 Å². The molecule has 15 heavy (non-hydrogen) atoms. The molecule has 0 atom stereocenters. The summed E-state index contributed by atoms with van der Waals surface area (Å²) >= 11 is 1.61. The summed E-state index contributed by atoms with van der Waals surface area (Å²) in [4.78, 5) is 12.1. The third-order valence-electron chi connectivity index (χ3n) is 2.51. The number of rotatable bonds is 2. The molecule has 0 radical (unpaired) electrons. The second-order valence-electron chi connectivity index (χ2n) is 3.32. The van der Waals surface area contributed by atoms with Crippen molar-refractivity contribution in [3.8, 4) is 0 Å². The molecule has 2 rings (SSSR count). The SMILES string of the molecule is CCn1c(SC)cc2ccccc2c1=O. The van der Waals surface area contributed by atoms with E-state index >= 15 is 0 Å². The van der Waals surface area contributed by atoms with Gasteiger partial charge in [0.2, 0.25) is 0 Å². The molecule has 3 heteroatoms. The number of hydrogen-bond donors (Lipinski definition) is 0. The van der Waals surface area contributed by atoms with Gasteiger partial charge in [0.15, 0.2) is 0 Å². The van der Waals surface area contributed by atoms with Gasteiger partial charge in [-0.05, 0) is 30.7 Å². The Kier molecular flexibility index (Phi) is 2.82. The van der Waals surface area contributed by atoms with Crippen molar-refractivity contribution in [2.45, 2.75) is 18.5 Å². The normalized spacial score (nSPS) is 10.8. The fourth-order valence-electron chi connectivity index (χ4n) is 1.74. The van der Waals surface area contributed by atoms with Crippen molar-refractivity contribution >= 4 is 22.5 Å². The average molecular weight is 219 g/mol. The van der Waals surface area contributed by atoms with Gasteiger partial charge < -0.3 is 4.57 Å². The van der Waals surface area contributed by atoms with Gasteiger partial charge in [-0.25, -0.2) is 0 Å². The average Bonchev–Trinajstić information content (AvgIpc) is 2.29. The van der Waals surface area contributed by atoms with E-state index in [9.17, 15) is 4.79 Å². The highest BCUT2D eigenvalue weighted by atomic mass is 32.2. The van der Waals surface area contributed by atoms with Crippen LogP contribution >= 0.6 is 11.8 Å². The quantitative estimate of drug-likeness (QED) is 0.724. The van der Waals surface area contributed by atoms with Crippen LogP contribution in [0.2, 0.25) is 0 Å². The van der Waals surface area contributed by atoms with Crippen molar-refractivity contribution < 1.29 is 0 Å². The predicted molar refractivity (Wildman–Crippen MR) is 65.7 cm³/mol. The summed E-state index contributed by atoms with van der Waals surface area (Å²) in [6, 6.07) is 9.81. The first-order valence-electron chi connectivity index (χ1n) is 4.94. The Bertz CT molecular complexity index is 545. The highest BCUT2D eigenvalue weighted by Crippen LogP contribution is 2.18. The Hall–Kier alpha value is -1.22. The van der Waals surface area contributed by atoms with Crippen molar-refractivity contribution in [1.29, 1.82) is 0 Å². The first kappa shape index (κ1) is 10.3. The van der Waals surface area contributed by atoms with Crippen LogP contribution in [0.3, 0.4) is 0 Å². The van der Waals surface area contributed by atoms with Gasteiger partial charge in [-0.1, -0.05) is 18.2 Å². The lowest BCUT2D eigenvalue weighted by atomic mass is 10.2. The first-order chi connectivity index (χ1) is 7.27. The number of hydrogen-bond acceptors (Lipinski definition) is 2. The van der Waals surface area contributed by atoms with Gasteiger partial charge in [0.05, 0.1) is 5.03 Å². The lowest BCUT2D eigenvalue weighted by molar-refractivity contribution is 0.667. The molecule has 0 N–H and O–H groups in total. The standard InChI is InChI=1S/C12H13NOS/c1-3-13-11(15-2)8-9-6-4-5-7-10(9)12(13)14/h4-8H,3H2,1-2H3. The van der Waals surface area contributed by atoms with Gasteiger partial charge in [-0.2, -0.15) is 0 Å². The van der Waals surface area contributed by atoms with E-state index in [4.69, 9.17) is 0 Å². The van der Waals surface area contributed by atoms with Crippen LogP contribution < -0.4 is 5.56 Å². The molecule has 0 bridgehead atoms.